The number of carbonyl (C=O) groups is 1. The van der Waals surface area contributed by atoms with Gasteiger partial charge in [0.1, 0.15) is 16.9 Å². The van der Waals surface area contributed by atoms with Crippen molar-refractivity contribution < 1.29 is 9.21 Å². The summed E-state index contributed by atoms with van der Waals surface area (Å²) in [5, 5.41) is 7.81. The Bertz CT molecular complexity index is 940. The summed E-state index contributed by atoms with van der Waals surface area (Å²) in [6.45, 7) is 0. The maximum absolute atomic E-state index is 11.7. The van der Waals surface area contributed by atoms with Crippen LogP contribution in [0.5, 0.6) is 0 Å². The molecule has 1 fully saturated rings. The average molecular weight is 294 g/mol. The molecular formula is C16H10N2O2S. The highest BCUT2D eigenvalue weighted by molar-refractivity contribution is 7.80. The number of furan rings is 1. The predicted molar refractivity (Wildman–Crippen MR) is 85.6 cm³/mol. The van der Waals surface area contributed by atoms with Gasteiger partial charge in [0.25, 0.3) is 5.91 Å². The first-order chi connectivity index (χ1) is 10.2. The lowest BCUT2D eigenvalue weighted by Gasteiger charge is -1.97. The Hall–Kier alpha value is -2.66. The van der Waals surface area contributed by atoms with E-state index in [0.717, 1.165) is 27.5 Å². The van der Waals surface area contributed by atoms with E-state index >= 15 is 0 Å². The monoisotopic (exact) mass is 294 g/mol. The third-order valence-corrected chi connectivity index (χ3v) is 3.64. The number of hydrogen-bond acceptors (Lipinski definition) is 3. The van der Waals surface area contributed by atoms with Crippen molar-refractivity contribution >= 4 is 51.3 Å². The van der Waals surface area contributed by atoms with Crippen molar-refractivity contribution in [2.24, 2.45) is 0 Å². The molecule has 0 unspecified atom stereocenters. The highest BCUT2D eigenvalue weighted by atomic mass is 32.1. The van der Waals surface area contributed by atoms with E-state index in [0.29, 0.717) is 10.8 Å². The third-order valence-electron chi connectivity index (χ3n) is 3.43. The number of nitrogens with one attached hydrogen (secondary N) is 2. The molecule has 2 aromatic carbocycles. The molecule has 4 rings (SSSR count). The van der Waals surface area contributed by atoms with Crippen LogP contribution in [0.1, 0.15) is 5.56 Å². The molecule has 1 amide bonds. The van der Waals surface area contributed by atoms with Gasteiger partial charge in [0, 0.05) is 10.8 Å². The molecule has 21 heavy (non-hydrogen) atoms. The zero-order chi connectivity index (χ0) is 14.4. The van der Waals surface area contributed by atoms with Crippen LogP contribution in [0.25, 0.3) is 28.0 Å². The summed E-state index contributed by atoms with van der Waals surface area (Å²) >= 11 is 4.92. The lowest BCUT2D eigenvalue weighted by Crippen LogP contribution is -2.21. The highest BCUT2D eigenvalue weighted by Crippen LogP contribution is 2.29. The molecule has 0 atom stereocenters. The minimum atomic E-state index is -0.211. The van der Waals surface area contributed by atoms with Gasteiger partial charge in [0.15, 0.2) is 5.11 Å². The van der Waals surface area contributed by atoms with Crippen LogP contribution in [0.2, 0.25) is 0 Å². The molecule has 0 aliphatic carbocycles. The van der Waals surface area contributed by atoms with Gasteiger partial charge in [-0.3, -0.25) is 10.1 Å². The quantitative estimate of drug-likeness (QED) is 0.535. The predicted octanol–water partition coefficient (Wildman–Crippen LogP) is 2.93. The number of thiocarbonyl (C=S) groups is 1. The standard InChI is InChI=1S/C16H10N2O2S/c19-15-12(17-16(21)18-15)8-9-5-6-14-11(7-9)10-3-1-2-4-13(10)20-14/h1-8H,(H2,17,18,19,21)/b12-8-. The van der Waals surface area contributed by atoms with Crippen LogP contribution < -0.4 is 10.6 Å². The lowest BCUT2D eigenvalue weighted by molar-refractivity contribution is -0.115. The van der Waals surface area contributed by atoms with E-state index in [4.69, 9.17) is 16.6 Å². The van der Waals surface area contributed by atoms with Crippen LogP contribution in [0.3, 0.4) is 0 Å². The fourth-order valence-electron chi connectivity index (χ4n) is 2.48. The number of benzene rings is 2. The molecular weight excluding hydrogens is 284 g/mol. The van der Waals surface area contributed by atoms with Crippen LogP contribution >= 0.6 is 12.2 Å². The van der Waals surface area contributed by atoms with E-state index in [1.807, 2.05) is 42.5 Å². The maximum atomic E-state index is 11.7. The largest absolute Gasteiger partial charge is 0.456 e. The minimum absolute atomic E-state index is 0.211. The summed E-state index contributed by atoms with van der Waals surface area (Å²) in [4.78, 5) is 11.7. The summed E-state index contributed by atoms with van der Waals surface area (Å²) in [5.74, 6) is -0.211. The number of hydrogen-bond donors (Lipinski definition) is 2. The summed E-state index contributed by atoms with van der Waals surface area (Å²) in [6, 6.07) is 13.7. The highest BCUT2D eigenvalue weighted by Gasteiger charge is 2.19. The summed E-state index contributed by atoms with van der Waals surface area (Å²) < 4.78 is 5.78. The molecule has 2 N–H and O–H groups in total. The molecule has 1 saturated heterocycles. The van der Waals surface area contributed by atoms with Gasteiger partial charge in [-0.15, -0.1) is 0 Å². The Balaban J connectivity index is 1.87. The van der Waals surface area contributed by atoms with Crippen LogP contribution in [-0.4, -0.2) is 11.0 Å². The minimum Gasteiger partial charge on any atom is -0.456 e. The van der Waals surface area contributed by atoms with Crippen molar-refractivity contribution in [3.63, 3.8) is 0 Å². The lowest BCUT2D eigenvalue weighted by atomic mass is 10.1. The fourth-order valence-corrected chi connectivity index (χ4v) is 2.69. The van der Waals surface area contributed by atoms with E-state index in [9.17, 15) is 4.79 Å². The van der Waals surface area contributed by atoms with Crippen molar-refractivity contribution in [1.29, 1.82) is 0 Å². The van der Waals surface area contributed by atoms with Gasteiger partial charge in [0.2, 0.25) is 0 Å². The van der Waals surface area contributed by atoms with Crippen molar-refractivity contribution in [1.82, 2.24) is 10.6 Å². The number of para-hydroxylation sites is 1. The van der Waals surface area contributed by atoms with Gasteiger partial charge < -0.3 is 9.73 Å². The molecule has 1 aliphatic rings. The Kier molecular flexibility index (Phi) is 2.55. The zero-order valence-electron chi connectivity index (χ0n) is 10.8. The van der Waals surface area contributed by atoms with Gasteiger partial charge in [0.05, 0.1) is 0 Å². The van der Waals surface area contributed by atoms with E-state index < -0.39 is 0 Å². The van der Waals surface area contributed by atoms with E-state index in [1.165, 1.54) is 0 Å². The van der Waals surface area contributed by atoms with Crippen molar-refractivity contribution in [2.45, 2.75) is 0 Å². The summed E-state index contributed by atoms with van der Waals surface area (Å²) in [7, 11) is 0. The van der Waals surface area contributed by atoms with Crippen LogP contribution in [0, 0.1) is 0 Å². The second-order valence-electron chi connectivity index (χ2n) is 4.82. The zero-order valence-corrected chi connectivity index (χ0v) is 11.7. The first-order valence-electron chi connectivity index (χ1n) is 6.46. The van der Waals surface area contributed by atoms with Gasteiger partial charge in [-0.25, -0.2) is 0 Å². The second kappa shape index (κ2) is 4.43. The van der Waals surface area contributed by atoms with E-state index in [2.05, 4.69) is 10.6 Å². The molecule has 2 heterocycles. The Labute approximate surface area is 125 Å². The van der Waals surface area contributed by atoms with Crippen LogP contribution in [0.4, 0.5) is 0 Å². The van der Waals surface area contributed by atoms with E-state index in [-0.39, 0.29) is 5.91 Å². The normalized spacial score (nSPS) is 16.7. The smallest absolute Gasteiger partial charge is 0.273 e. The first-order valence-corrected chi connectivity index (χ1v) is 6.87. The Morgan fingerprint density at radius 2 is 1.81 bits per heavy atom. The average Bonchev–Trinajstić information content (AvgIpc) is 2.99. The fraction of sp³-hybridized carbons (Fsp3) is 0. The number of carbonyl (C=O) groups excluding carboxylic acids is 1. The molecule has 0 bridgehead atoms. The van der Waals surface area contributed by atoms with Crippen LogP contribution in [0.15, 0.2) is 52.6 Å². The molecule has 3 aromatic rings. The van der Waals surface area contributed by atoms with Crippen molar-refractivity contribution in [3.05, 3.63) is 53.7 Å². The molecule has 1 aliphatic heterocycles. The summed E-state index contributed by atoms with van der Waals surface area (Å²) in [5.41, 5.74) is 3.05. The van der Waals surface area contributed by atoms with Crippen LogP contribution in [-0.2, 0) is 4.79 Å². The van der Waals surface area contributed by atoms with Gasteiger partial charge in [-0.05, 0) is 42.1 Å². The van der Waals surface area contributed by atoms with Gasteiger partial charge in [-0.1, -0.05) is 24.3 Å². The second-order valence-corrected chi connectivity index (χ2v) is 5.23. The first kappa shape index (κ1) is 12.1. The molecule has 0 saturated carbocycles. The van der Waals surface area contributed by atoms with E-state index in [1.54, 1.807) is 6.08 Å². The SMILES string of the molecule is O=C1NC(=S)N/C1=C\c1ccc2oc3ccccc3c2c1. The summed E-state index contributed by atoms with van der Waals surface area (Å²) in [6.07, 6.45) is 1.77. The molecule has 5 heteroatoms. The molecule has 102 valence electrons. The van der Waals surface area contributed by atoms with Gasteiger partial charge >= 0.3 is 0 Å². The Morgan fingerprint density at radius 1 is 1.00 bits per heavy atom. The molecule has 0 radical (unpaired) electrons. The molecule has 1 aromatic heterocycles. The van der Waals surface area contributed by atoms with Crippen molar-refractivity contribution in [2.75, 3.05) is 0 Å². The molecule has 0 spiro atoms. The Morgan fingerprint density at radius 3 is 2.62 bits per heavy atom. The number of rotatable bonds is 1. The molecule has 4 nitrogen and oxygen atoms in total. The van der Waals surface area contributed by atoms with Crippen molar-refractivity contribution in [3.8, 4) is 0 Å². The number of fused-ring (bicyclic) bond motifs is 3. The maximum Gasteiger partial charge on any atom is 0.273 e. The van der Waals surface area contributed by atoms with Gasteiger partial charge in [-0.2, -0.15) is 0 Å². The topological polar surface area (TPSA) is 54.3 Å². The number of amides is 1. The third kappa shape index (κ3) is 1.98.